The van der Waals surface area contributed by atoms with Crippen LogP contribution in [-0.2, 0) is 0 Å². The largest absolute Gasteiger partial charge is 0.491 e. The van der Waals surface area contributed by atoms with Crippen LogP contribution in [0.15, 0.2) is 36.4 Å². The van der Waals surface area contributed by atoms with Gasteiger partial charge in [0.2, 0.25) is 0 Å². The fraction of sp³-hybridized carbons (Fsp3) is 0.278. The van der Waals surface area contributed by atoms with E-state index in [-0.39, 0.29) is 28.6 Å². The highest BCUT2D eigenvalue weighted by Crippen LogP contribution is 2.21. The first kappa shape index (κ1) is 18.7. The molecule has 1 atom stereocenters. The number of nitrogens with one attached hydrogen (secondary N) is 1. The maximum atomic E-state index is 12.3. The molecule has 1 heterocycles. The molecule has 1 aromatic carbocycles. The van der Waals surface area contributed by atoms with Crippen LogP contribution in [0, 0.1) is 0 Å². The first-order chi connectivity index (χ1) is 11.8. The fourth-order valence-corrected chi connectivity index (χ4v) is 2.47. The van der Waals surface area contributed by atoms with Crippen molar-refractivity contribution in [1.82, 2.24) is 10.3 Å². The van der Waals surface area contributed by atoms with E-state index in [1.54, 1.807) is 0 Å². The summed E-state index contributed by atoms with van der Waals surface area (Å²) in [6, 6.07) is 10.0. The summed E-state index contributed by atoms with van der Waals surface area (Å²) in [6.45, 7) is 5.75. The summed E-state index contributed by atoms with van der Waals surface area (Å²) in [5, 5.41) is 2.74. The van der Waals surface area contributed by atoms with Crippen molar-refractivity contribution in [3.63, 3.8) is 0 Å². The summed E-state index contributed by atoms with van der Waals surface area (Å²) in [6.07, 6.45) is 0.0651. The smallest absolute Gasteiger partial charge is 0.270 e. The highest BCUT2D eigenvalue weighted by molar-refractivity contribution is 6.32. The van der Waals surface area contributed by atoms with Crippen LogP contribution < -0.4 is 15.8 Å². The van der Waals surface area contributed by atoms with Crippen molar-refractivity contribution in [2.45, 2.75) is 32.9 Å². The number of carbonyl (C=O) groups is 2. The van der Waals surface area contributed by atoms with Crippen LogP contribution in [0.1, 0.15) is 53.2 Å². The number of ether oxygens (including phenoxy) is 1. The highest BCUT2D eigenvalue weighted by Gasteiger charge is 2.16. The molecule has 0 fully saturated rings. The van der Waals surface area contributed by atoms with E-state index in [0.29, 0.717) is 0 Å². The van der Waals surface area contributed by atoms with Crippen LogP contribution in [-0.4, -0.2) is 22.9 Å². The highest BCUT2D eigenvalue weighted by atomic mass is 35.5. The first-order valence-electron chi connectivity index (χ1n) is 7.81. The summed E-state index contributed by atoms with van der Waals surface area (Å²) in [7, 11) is 0. The average molecular weight is 362 g/mol. The number of nitrogens with zero attached hydrogens (tertiary/aromatic N) is 1. The van der Waals surface area contributed by atoms with Gasteiger partial charge in [0, 0.05) is 0 Å². The topological polar surface area (TPSA) is 94.3 Å². The van der Waals surface area contributed by atoms with Gasteiger partial charge in [-0.15, -0.1) is 0 Å². The van der Waals surface area contributed by atoms with Crippen molar-refractivity contribution < 1.29 is 14.3 Å². The molecule has 0 bridgehead atoms. The molecule has 25 heavy (non-hydrogen) atoms. The molecule has 132 valence electrons. The Labute approximate surface area is 151 Å². The van der Waals surface area contributed by atoms with Crippen molar-refractivity contribution in [3.05, 3.63) is 58.4 Å². The van der Waals surface area contributed by atoms with Gasteiger partial charge in [0.15, 0.2) is 0 Å². The lowest BCUT2D eigenvalue weighted by atomic mass is 10.1. The summed E-state index contributed by atoms with van der Waals surface area (Å²) >= 11 is 5.88. The standard InChI is InChI=1S/C18H20ClN3O3/c1-10(2)25-13-6-4-5-12(9-13)11(3)21-18(24)15-8-7-14(17(20)23)16(19)22-15/h4-11H,1-3H3,(H2,20,23)(H,21,24)/t11-/m0/s1. The van der Waals surface area contributed by atoms with Gasteiger partial charge in [0.1, 0.15) is 16.6 Å². The van der Waals surface area contributed by atoms with Gasteiger partial charge in [-0.3, -0.25) is 9.59 Å². The van der Waals surface area contributed by atoms with Gasteiger partial charge in [-0.2, -0.15) is 0 Å². The molecular formula is C18H20ClN3O3. The Balaban J connectivity index is 2.12. The lowest BCUT2D eigenvalue weighted by molar-refractivity contribution is 0.0932. The molecule has 0 aliphatic heterocycles. The number of hydrogen-bond acceptors (Lipinski definition) is 4. The molecule has 2 amide bonds. The number of amides is 2. The second-order valence-electron chi connectivity index (χ2n) is 5.83. The van der Waals surface area contributed by atoms with Crippen LogP contribution in [0.3, 0.4) is 0 Å². The van der Waals surface area contributed by atoms with Crippen molar-refractivity contribution in [1.29, 1.82) is 0 Å². The lowest BCUT2D eigenvalue weighted by Crippen LogP contribution is -2.27. The van der Waals surface area contributed by atoms with Crippen molar-refractivity contribution in [3.8, 4) is 5.75 Å². The Morgan fingerprint density at radius 1 is 1.20 bits per heavy atom. The zero-order valence-corrected chi connectivity index (χ0v) is 15.0. The Kier molecular flexibility index (Phi) is 5.98. The van der Waals surface area contributed by atoms with Gasteiger partial charge in [0.05, 0.1) is 17.7 Å². The number of primary amides is 1. The van der Waals surface area contributed by atoms with Crippen LogP contribution in [0.4, 0.5) is 0 Å². The van der Waals surface area contributed by atoms with E-state index in [0.717, 1.165) is 11.3 Å². The molecule has 2 aromatic rings. The molecule has 6 nitrogen and oxygen atoms in total. The molecule has 3 N–H and O–H groups in total. The monoisotopic (exact) mass is 361 g/mol. The van der Waals surface area contributed by atoms with Gasteiger partial charge in [-0.05, 0) is 50.6 Å². The summed E-state index contributed by atoms with van der Waals surface area (Å²) < 4.78 is 5.66. The molecule has 0 aliphatic rings. The zero-order valence-electron chi connectivity index (χ0n) is 14.2. The first-order valence-corrected chi connectivity index (χ1v) is 8.19. The van der Waals surface area contributed by atoms with Gasteiger partial charge >= 0.3 is 0 Å². The second kappa shape index (κ2) is 7.98. The number of aromatic nitrogens is 1. The van der Waals surface area contributed by atoms with E-state index in [1.165, 1.54) is 12.1 Å². The van der Waals surface area contributed by atoms with Crippen LogP contribution >= 0.6 is 11.6 Å². The number of carbonyl (C=O) groups excluding carboxylic acids is 2. The van der Waals surface area contributed by atoms with Crippen LogP contribution in [0.5, 0.6) is 5.75 Å². The second-order valence-corrected chi connectivity index (χ2v) is 6.19. The average Bonchev–Trinajstić information content (AvgIpc) is 2.53. The van der Waals surface area contributed by atoms with E-state index < -0.39 is 11.8 Å². The molecule has 0 saturated heterocycles. The van der Waals surface area contributed by atoms with E-state index in [1.807, 2.05) is 45.0 Å². The minimum atomic E-state index is -0.695. The Hall–Kier alpha value is -2.60. The minimum absolute atomic E-state index is 0.0651. The van der Waals surface area contributed by atoms with Gasteiger partial charge in [-0.25, -0.2) is 4.98 Å². The zero-order chi connectivity index (χ0) is 18.6. The number of halogens is 1. The van der Waals surface area contributed by atoms with Crippen LogP contribution in [0.2, 0.25) is 5.15 Å². The van der Waals surface area contributed by atoms with Crippen molar-refractivity contribution >= 4 is 23.4 Å². The predicted molar refractivity (Wildman–Crippen MR) is 95.9 cm³/mol. The molecule has 7 heteroatoms. The van der Waals surface area contributed by atoms with Crippen molar-refractivity contribution in [2.75, 3.05) is 0 Å². The van der Waals surface area contributed by atoms with Gasteiger partial charge < -0.3 is 15.8 Å². The van der Waals surface area contributed by atoms with E-state index in [9.17, 15) is 9.59 Å². The third kappa shape index (κ3) is 4.93. The summed E-state index contributed by atoms with van der Waals surface area (Å²) in [4.78, 5) is 27.4. The number of nitrogens with two attached hydrogens (primary N) is 1. The number of hydrogen-bond donors (Lipinski definition) is 2. The lowest BCUT2D eigenvalue weighted by Gasteiger charge is -2.16. The molecule has 0 spiro atoms. The molecule has 1 aromatic heterocycles. The van der Waals surface area contributed by atoms with Gasteiger partial charge in [-0.1, -0.05) is 23.7 Å². The molecule has 0 aliphatic carbocycles. The summed E-state index contributed by atoms with van der Waals surface area (Å²) in [5.41, 5.74) is 6.25. The Morgan fingerprint density at radius 3 is 2.52 bits per heavy atom. The van der Waals surface area contributed by atoms with Gasteiger partial charge in [0.25, 0.3) is 11.8 Å². The Bertz CT molecular complexity index is 793. The molecule has 0 saturated carbocycles. The van der Waals surface area contributed by atoms with Crippen molar-refractivity contribution in [2.24, 2.45) is 5.73 Å². The SMILES string of the molecule is CC(C)Oc1cccc([C@H](C)NC(=O)c2ccc(C(N)=O)c(Cl)n2)c1. The maximum absolute atomic E-state index is 12.3. The third-order valence-electron chi connectivity index (χ3n) is 3.42. The number of benzene rings is 1. The normalized spacial score (nSPS) is 11.9. The number of pyridine rings is 1. The minimum Gasteiger partial charge on any atom is -0.491 e. The van der Waals surface area contributed by atoms with E-state index in [4.69, 9.17) is 22.1 Å². The Morgan fingerprint density at radius 2 is 1.92 bits per heavy atom. The fourth-order valence-electron chi connectivity index (χ4n) is 2.23. The molecule has 0 radical (unpaired) electrons. The van der Waals surface area contributed by atoms with E-state index >= 15 is 0 Å². The quantitative estimate of drug-likeness (QED) is 0.773. The predicted octanol–water partition coefficient (Wildman–Crippen LogP) is 3.11. The van der Waals surface area contributed by atoms with Crippen LogP contribution in [0.25, 0.3) is 0 Å². The number of rotatable bonds is 6. The summed E-state index contributed by atoms with van der Waals surface area (Å²) in [5.74, 6) is -0.360. The molecule has 2 rings (SSSR count). The van der Waals surface area contributed by atoms with E-state index in [2.05, 4.69) is 10.3 Å². The molecule has 0 unspecified atom stereocenters. The third-order valence-corrected chi connectivity index (χ3v) is 3.71. The molecular weight excluding hydrogens is 342 g/mol. The maximum Gasteiger partial charge on any atom is 0.270 e.